The van der Waals surface area contributed by atoms with Gasteiger partial charge >= 0.3 is 6.09 Å². The Morgan fingerprint density at radius 1 is 1.45 bits per heavy atom. The molecule has 1 aliphatic heterocycles. The molecule has 0 atom stereocenters. The Labute approximate surface area is 119 Å². The van der Waals surface area contributed by atoms with E-state index >= 15 is 0 Å². The topological polar surface area (TPSA) is 68.5 Å². The third-order valence-electron chi connectivity index (χ3n) is 2.93. The summed E-state index contributed by atoms with van der Waals surface area (Å²) >= 11 is 0. The SMILES string of the molecule is Cc1cnc(C2=CCN(C(=O)OC(C)(C)C)C2)c(N)c1. The van der Waals surface area contributed by atoms with E-state index in [4.69, 9.17) is 10.5 Å². The zero-order chi connectivity index (χ0) is 14.9. The summed E-state index contributed by atoms with van der Waals surface area (Å²) in [7, 11) is 0. The highest BCUT2D eigenvalue weighted by molar-refractivity contribution is 5.80. The maximum Gasteiger partial charge on any atom is 0.410 e. The fraction of sp³-hybridized carbons (Fsp3) is 0.467. The molecule has 20 heavy (non-hydrogen) atoms. The number of rotatable bonds is 1. The normalized spacial score (nSPS) is 15.2. The van der Waals surface area contributed by atoms with Gasteiger partial charge in [0.05, 0.1) is 17.9 Å². The number of carbonyl (C=O) groups excluding carboxylic acids is 1. The lowest BCUT2D eigenvalue weighted by atomic mass is 10.1. The van der Waals surface area contributed by atoms with E-state index in [1.807, 2.05) is 39.8 Å². The Balaban J connectivity index is 2.07. The van der Waals surface area contributed by atoms with Gasteiger partial charge in [0, 0.05) is 12.7 Å². The van der Waals surface area contributed by atoms with Gasteiger partial charge in [-0.25, -0.2) is 4.79 Å². The summed E-state index contributed by atoms with van der Waals surface area (Å²) in [5.74, 6) is 0. The second kappa shape index (κ2) is 5.15. The lowest BCUT2D eigenvalue weighted by Gasteiger charge is -2.24. The van der Waals surface area contributed by atoms with E-state index in [2.05, 4.69) is 4.98 Å². The maximum atomic E-state index is 12.0. The Morgan fingerprint density at radius 2 is 2.15 bits per heavy atom. The molecule has 1 aliphatic rings. The van der Waals surface area contributed by atoms with E-state index in [-0.39, 0.29) is 6.09 Å². The van der Waals surface area contributed by atoms with Gasteiger partial charge in [-0.15, -0.1) is 0 Å². The minimum absolute atomic E-state index is 0.311. The first-order valence-electron chi connectivity index (χ1n) is 6.66. The summed E-state index contributed by atoms with van der Waals surface area (Å²) in [5, 5.41) is 0. The predicted octanol–water partition coefficient (Wildman–Crippen LogP) is 2.61. The molecule has 2 N–H and O–H groups in total. The number of ether oxygens (including phenoxy) is 1. The van der Waals surface area contributed by atoms with Crippen LogP contribution < -0.4 is 5.73 Å². The molecular weight excluding hydrogens is 254 g/mol. The summed E-state index contributed by atoms with van der Waals surface area (Å²) in [5.41, 5.74) is 8.88. The summed E-state index contributed by atoms with van der Waals surface area (Å²) in [6.07, 6.45) is 3.44. The lowest BCUT2D eigenvalue weighted by molar-refractivity contribution is 0.0306. The Kier molecular flexibility index (Phi) is 3.70. The Hall–Kier alpha value is -2.04. The van der Waals surface area contributed by atoms with E-state index in [0.717, 1.165) is 16.8 Å². The Morgan fingerprint density at radius 3 is 2.75 bits per heavy atom. The molecule has 1 aromatic heterocycles. The molecule has 0 saturated carbocycles. The van der Waals surface area contributed by atoms with Crippen LogP contribution in [0.4, 0.5) is 10.5 Å². The number of nitrogens with zero attached hydrogens (tertiary/aromatic N) is 2. The van der Waals surface area contributed by atoms with Crippen LogP contribution in [0.15, 0.2) is 18.3 Å². The number of amides is 1. The van der Waals surface area contributed by atoms with E-state index in [9.17, 15) is 4.79 Å². The van der Waals surface area contributed by atoms with Gasteiger partial charge in [-0.2, -0.15) is 0 Å². The molecule has 2 heterocycles. The number of nitrogens with two attached hydrogens (primary N) is 1. The molecule has 1 aromatic rings. The number of hydrogen-bond acceptors (Lipinski definition) is 4. The van der Waals surface area contributed by atoms with Crippen molar-refractivity contribution in [3.63, 3.8) is 0 Å². The Bertz CT molecular complexity index is 559. The molecule has 0 bridgehead atoms. The monoisotopic (exact) mass is 275 g/mol. The number of anilines is 1. The van der Waals surface area contributed by atoms with Crippen LogP contribution in [-0.2, 0) is 4.74 Å². The van der Waals surface area contributed by atoms with Gasteiger partial charge in [0.1, 0.15) is 5.60 Å². The van der Waals surface area contributed by atoms with Gasteiger partial charge in [0.15, 0.2) is 0 Å². The fourth-order valence-corrected chi connectivity index (χ4v) is 2.05. The van der Waals surface area contributed by atoms with Crippen molar-refractivity contribution in [3.8, 4) is 0 Å². The smallest absolute Gasteiger partial charge is 0.410 e. The maximum absolute atomic E-state index is 12.0. The number of pyridine rings is 1. The van der Waals surface area contributed by atoms with Gasteiger partial charge in [-0.1, -0.05) is 6.08 Å². The highest BCUT2D eigenvalue weighted by atomic mass is 16.6. The van der Waals surface area contributed by atoms with Crippen molar-refractivity contribution in [2.75, 3.05) is 18.8 Å². The van der Waals surface area contributed by atoms with Crippen molar-refractivity contribution in [2.24, 2.45) is 0 Å². The van der Waals surface area contributed by atoms with Crippen LogP contribution in [0.3, 0.4) is 0 Å². The van der Waals surface area contributed by atoms with E-state index < -0.39 is 5.60 Å². The molecule has 1 amide bonds. The van der Waals surface area contributed by atoms with E-state index in [0.29, 0.717) is 18.8 Å². The molecule has 0 spiro atoms. The number of hydrogen-bond donors (Lipinski definition) is 1. The molecule has 0 fully saturated rings. The largest absolute Gasteiger partial charge is 0.444 e. The van der Waals surface area contributed by atoms with E-state index in [1.165, 1.54) is 0 Å². The van der Waals surface area contributed by atoms with Gasteiger partial charge < -0.3 is 15.4 Å². The average molecular weight is 275 g/mol. The average Bonchev–Trinajstić information content (AvgIpc) is 2.75. The van der Waals surface area contributed by atoms with Crippen LogP contribution in [0.25, 0.3) is 5.57 Å². The van der Waals surface area contributed by atoms with Crippen molar-refractivity contribution in [2.45, 2.75) is 33.3 Å². The molecule has 0 radical (unpaired) electrons. The standard InChI is InChI=1S/C15H21N3O2/c1-10-7-12(16)13(17-8-10)11-5-6-18(9-11)14(19)20-15(2,3)4/h5,7-8H,6,9,16H2,1-4H3. The summed E-state index contributed by atoms with van der Waals surface area (Å²) in [4.78, 5) is 18.0. The summed E-state index contributed by atoms with van der Waals surface area (Å²) < 4.78 is 5.36. The molecule has 5 heteroatoms. The summed E-state index contributed by atoms with van der Waals surface area (Å²) in [6.45, 7) is 8.52. The molecule has 108 valence electrons. The number of aryl methyl sites for hydroxylation is 1. The van der Waals surface area contributed by atoms with Gasteiger partial charge in [0.2, 0.25) is 0 Å². The van der Waals surface area contributed by atoms with Crippen molar-refractivity contribution in [1.82, 2.24) is 9.88 Å². The molecule has 2 rings (SSSR count). The first-order valence-corrected chi connectivity index (χ1v) is 6.66. The minimum Gasteiger partial charge on any atom is -0.444 e. The van der Waals surface area contributed by atoms with Crippen LogP contribution in [0.2, 0.25) is 0 Å². The lowest BCUT2D eigenvalue weighted by Crippen LogP contribution is -2.35. The molecule has 0 aliphatic carbocycles. The first-order chi connectivity index (χ1) is 9.26. The molecule has 0 unspecified atom stereocenters. The number of nitrogen functional groups attached to an aromatic ring is 1. The second-order valence-electron chi connectivity index (χ2n) is 6.04. The van der Waals surface area contributed by atoms with Crippen LogP contribution in [0.1, 0.15) is 32.0 Å². The highest BCUT2D eigenvalue weighted by Crippen LogP contribution is 2.25. The van der Waals surface area contributed by atoms with Gasteiger partial charge in [-0.05, 0) is 44.9 Å². The fourth-order valence-electron chi connectivity index (χ4n) is 2.05. The summed E-state index contributed by atoms with van der Waals surface area (Å²) in [6, 6.07) is 1.89. The second-order valence-corrected chi connectivity index (χ2v) is 6.04. The van der Waals surface area contributed by atoms with Crippen LogP contribution in [-0.4, -0.2) is 34.7 Å². The molecule has 5 nitrogen and oxygen atoms in total. The molecular formula is C15H21N3O2. The van der Waals surface area contributed by atoms with Crippen LogP contribution >= 0.6 is 0 Å². The molecule has 0 aromatic carbocycles. The zero-order valence-corrected chi connectivity index (χ0v) is 12.4. The van der Waals surface area contributed by atoms with E-state index in [1.54, 1.807) is 11.1 Å². The first kappa shape index (κ1) is 14.4. The quantitative estimate of drug-likeness (QED) is 0.855. The number of carbonyl (C=O) groups is 1. The zero-order valence-electron chi connectivity index (χ0n) is 12.4. The third kappa shape index (κ3) is 3.29. The van der Waals surface area contributed by atoms with Crippen LogP contribution in [0.5, 0.6) is 0 Å². The van der Waals surface area contributed by atoms with Crippen molar-refractivity contribution < 1.29 is 9.53 Å². The van der Waals surface area contributed by atoms with Crippen LogP contribution in [0, 0.1) is 6.92 Å². The minimum atomic E-state index is -0.485. The highest BCUT2D eigenvalue weighted by Gasteiger charge is 2.26. The number of aromatic nitrogens is 1. The van der Waals surface area contributed by atoms with Gasteiger partial charge in [0.25, 0.3) is 0 Å². The third-order valence-corrected chi connectivity index (χ3v) is 2.93. The predicted molar refractivity (Wildman–Crippen MR) is 79.2 cm³/mol. The van der Waals surface area contributed by atoms with Gasteiger partial charge in [-0.3, -0.25) is 4.98 Å². The van der Waals surface area contributed by atoms with Crippen molar-refractivity contribution >= 4 is 17.4 Å². The van der Waals surface area contributed by atoms with Crippen molar-refractivity contribution in [1.29, 1.82) is 0 Å². The molecule has 0 saturated heterocycles. The van der Waals surface area contributed by atoms with Crippen molar-refractivity contribution in [3.05, 3.63) is 29.6 Å².